The second kappa shape index (κ2) is 5.54. The van der Waals surface area contributed by atoms with Crippen LogP contribution in [0.3, 0.4) is 0 Å². The summed E-state index contributed by atoms with van der Waals surface area (Å²) in [6.07, 6.45) is 4.45. The summed E-state index contributed by atoms with van der Waals surface area (Å²) in [5.41, 5.74) is 2.66. The quantitative estimate of drug-likeness (QED) is 0.791. The molecule has 2 nitrogen and oxygen atoms in total. The number of hydrogen-bond donors (Lipinski definition) is 0. The Labute approximate surface area is 110 Å². The van der Waals surface area contributed by atoms with Crippen molar-refractivity contribution >= 4 is 0 Å². The smallest absolute Gasteiger partial charge is 0.0703 e. The fourth-order valence-electron chi connectivity index (χ4n) is 2.67. The molecule has 1 aliphatic carbocycles. The molecule has 0 bridgehead atoms. The maximum Gasteiger partial charge on any atom is 0.0703 e. The highest BCUT2D eigenvalue weighted by Crippen LogP contribution is 2.40. The van der Waals surface area contributed by atoms with Crippen LogP contribution in [-0.2, 0) is 13.0 Å². The zero-order valence-electron chi connectivity index (χ0n) is 11.4. The summed E-state index contributed by atoms with van der Waals surface area (Å²) >= 11 is 0. The monoisotopic (exact) mass is 242 g/mol. The van der Waals surface area contributed by atoms with Gasteiger partial charge in [-0.05, 0) is 37.4 Å². The highest BCUT2D eigenvalue weighted by Gasteiger charge is 2.37. The van der Waals surface area contributed by atoms with E-state index in [1.165, 1.54) is 17.5 Å². The zero-order valence-corrected chi connectivity index (χ0v) is 11.4. The average molecular weight is 242 g/mol. The third-order valence-electron chi connectivity index (χ3n) is 4.00. The van der Waals surface area contributed by atoms with Gasteiger partial charge in [0.2, 0.25) is 0 Å². The fraction of sp³-hybridized carbons (Fsp3) is 0.562. The summed E-state index contributed by atoms with van der Waals surface area (Å²) in [5, 5.41) is 9.24. The van der Waals surface area contributed by atoms with Crippen LogP contribution in [0, 0.1) is 16.7 Å². The molecule has 0 aliphatic heterocycles. The predicted octanol–water partition coefficient (Wildman–Crippen LogP) is 3.37. The van der Waals surface area contributed by atoms with Crippen LogP contribution in [0.2, 0.25) is 0 Å². The largest absolute Gasteiger partial charge is 0.301 e. The number of aryl methyl sites for hydroxylation is 1. The standard InChI is InChI=1S/C16H22N2/c1-3-14-5-7-15(8-6-14)11-18(2)13-16(12-17)9-4-10-16/h5-8H,3-4,9-11,13H2,1-2H3. The van der Waals surface area contributed by atoms with Gasteiger partial charge in [-0.2, -0.15) is 5.26 Å². The Morgan fingerprint density at radius 2 is 1.83 bits per heavy atom. The summed E-state index contributed by atoms with van der Waals surface area (Å²) in [6, 6.07) is 11.3. The van der Waals surface area contributed by atoms with Gasteiger partial charge in [0.05, 0.1) is 11.5 Å². The summed E-state index contributed by atoms with van der Waals surface area (Å²) in [5.74, 6) is 0. The molecule has 2 heteroatoms. The van der Waals surface area contributed by atoms with E-state index in [1.807, 2.05) is 0 Å². The molecule has 0 atom stereocenters. The molecule has 0 radical (unpaired) electrons. The normalized spacial score (nSPS) is 17.2. The number of benzene rings is 1. The van der Waals surface area contributed by atoms with E-state index in [0.717, 1.165) is 32.4 Å². The maximum absolute atomic E-state index is 9.24. The van der Waals surface area contributed by atoms with Crippen molar-refractivity contribution in [2.24, 2.45) is 5.41 Å². The van der Waals surface area contributed by atoms with Crippen LogP contribution >= 0.6 is 0 Å². The molecule has 0 amide bonds. The lowest BCUT2D eigenvalue weighted by Crippen LogP contribution is -2.39. The summed E-state index contributed by atoms with van der Waals surface area (Å²) in [6.45, 7) is 4.01. The highest BCUT2D eigenvalue weighted by molar-refractivity contribution is 5.22. The maximum atomic E-state index is 9.24. The number of nitriles is 1. The first kappa shape index (κ1) is 13.1. The van der Waals surface area contributed by atoms with E-state index in [0.29, 0.717) is 0 Å². The molecule has 0 spiro atoms. The molecular formula is C16H22N2. The van der Waals surface area contributed by atoms with Gasteiger partial charge in [0.15, 0.2) is 0 Å². The number of rotatable bonds is 5. The summed E-state index contributed by atoms with van der Waals surface area (Å²) < 4.78 is 0. The van der Waals surface area contributed by atoms with Crippen molar-refractivity contribution in [3.63, 3.8) is 0 Å². The van der Waals surface area contributed by atoms with Crippen LogP contribution in [0.4, 0.5) is 0 Å². The first-order valence-corrected chi connectivity index (χ1v) is 6.85. The van der Waals surface area contributed by atoms with E-state index >= 15 is 0 Å². The van der Waals surface area contributed by atoms with Gasteiger partial charge in [-0.25, -0.2) is 0 Å². The van der Waals surface area contributed by atoms with Crippen molar-refractivity contribution in [2.75, 3.05) is 13.6 Å². The van der Waals surface area contributed by atoms with E-state index in [-0.39, 0.29) is 5.41 Å². The second-order valence-electron chi connectivity index (χ2n) is 5.59. The van der Waals surface area contributed by atoms with Crippen LogP contribution in [0.5, 0.6) is 0 Å². The molecule has 0 aromatic heterocycles. The Bertz CT molecular complexity index is 423. The first-order chi connectivity index (χ1) is 8.67. The van der Waals surface area contributed by atoms with Crippen molar-refractivity contribution in [3.05, 3.63) is 35.4 Å². The van der Waals surface area contributed by atoms with Gasteiger partial charge in [0, 0.05) is 13.1 Å². The van der Waals surface area contributed by atoms with Gasteiger partial charge in [-0.1, -0.05) is 37.6 Å². The topological polar surface area (TPSA) is 27.0 Å². The summed E-state index contributed by atoms with van der Waals surface area (Å²) in [7, 11) is 2.12. The Hall–Kier alpha value is -1.33. The molecule has 18 heavy (non-hydrogen) atoms. The lowest BCUT2D eigenvalue weighted by atomic mass is 9.69. The Morgan fingerprint density at radius 3 is 2.28 bits per heavy atom. The van der Waals surface area contributed by atoms with Gasteiger partial charge >= 0.3 is 0 Å². The van der Waals surface area contributed by atoms with Crippen LogP contribution in [0.25, 0.3) is 0 Å². The minimum Gasteiger partial charge on any atom is -0.301 e. The van der Waals surface area contributed by atoms with E-state index in [2.05, 4.69) is 49.2 Å². The predicted molar refractivity (Wildman–Crippen MR) is 74.1 cm³/mol. The molecule has 1 aromatic carbocycles. The molecule has 1 fully saturated rings. The Kier molecular flexibility index (Phi) is 4.04. The van der Waals surface area contributed by atoms with E-state index in [9.17, 15) is 5.26 Å². The van der Waals surface area contributed by atoms with Crippen LogP contribution in [-0.4, -0.2) is 18.5 Å². The Morgan fingerprint density at radius 1 is 1.22 bits per heavy atom. The minimum atomic E-state index is -0.0574. The third kappa shape index (κ3) is 2.91. The van der Waals surface area contributed by atoms with E-state index in [4.69, 9.17) is 0 Å². The van der Waals surface area contributed by atoms with Crippen LogP contribution in [0.1, 0.15) is 37.3 Å². The van der Waals surface area contributed by atoms with Gasteiger partial charge in [0.25, 0.3) is 0 Å². The molecular weight excluding hydrogens is 220 g/mol. The van der Waals surface area contributed by atoms with Crippen molar-refractivity contribution < 1.29 is 0 Å². The molecule has 96 valence electrons. The third-order valence-corrected chi connectivity index (χ3v) is 4.00. The van der Waals surface area contributed by atoms with Gasteiger partial charge in [0.1, 0.15) is 0 Å². The molecule has 1 saturated carbocycles. The van der Waals surface area contributed by atoms with Crippen molar-refractivity contribution in [1.29, 1.82) is 5.26 Å². The zero-order chi connectivity index (χ0) is 13.0. The lowest BCUT2D eigenvalue weighted by molar-refractivity contribution is 0.134. The van der Waals surface area contributed by atoms with Gasteiger partial charge < -0.3 is 4.90 Å². The van der Waals surface area contributed by atoms with Crippen LogP contribution in [0.15, 0.2) is 24.3 Å². The van der Waals surface area contributed by atoms with E-state index in [1.54, 1.807) is 0 Å². The molecule has 2 rings (SSSR count). The summed E-state index contributed by atoms with van der Waals surface area (Å²) in [4.78, 5) is 2.28. The minimum absolute atomic E-state index is 0.0574. The molecule has 0 heterocycles. The highest BCUT2D eigenvalue weighted by atomic mass is 15.1. The number of hydrogen-bond acceptors (Lipinski definition) is 2. The molecule has 0 N–H and O–H groups in total. The lowest BCUT2D eigenvalue weighted by Gasteiger charge is -2.38. The SMILES string of the molecule is CCc1ccc(CN(C)CC2(C#N)CCC2)cc1. The number of nitrogens with zero attached hydrogens (tertiary/aromatic N) is 2. The van der Waals surface area contributed by atoms with Crippen molar-refractivity contribution in [1.82, 2.24) is 4.90 Å². The van der Waals surface area contributed by atoms with E-state index < -0.39 is 0 Å². The van der Waals surface area contributed by atoms with Crippen molar-refractivity contribution in [3.8, 4) is 6.07 Å². The first-order valence-electron chi connectivity index (χ1n) is 6.85. The van der Waals surface area contributed by atoms with Crippen molar-refractivity contribution in [2.45, 2.75) is 39.2 Å². The molecule has 1 aliphatic rings. The fourth-order valence-corrected chi connectivity index (χ4v) is 2.67. The van der Waals surface area contributed by atoms with Gasteiger partial charge in [-0.15, -0.1) is 0 Å². The van der Waals surface area contributed by atoms with Gasteiger partial charge in [-0.3, -0.25) is 0 Å². The Balaban J connectivity index is 1.90. The molecule has 0 saturated heterocycles. The average Bonchev–Trinajstić information content (AvgIpc) is 2.35. The van der Waals surface area contributed by atoms with Crippen LogP contribution < -0.4 is 0 Å². The second-order valence-corrected chi connectivity index (χ2v) is 5.59. The molecule has 0 unspecified atom stereocenters. The molecule has 1 aromatic rings.